The molecule has 8 nitrogen and oxygen atoms in total. The number of hydrogen-bond donors (Lipinski definition) is 1. The van der Waals surface area contributed by atoms with E-state index < -0.39 is 28.4 Å². The van der Waals surface area contributed by atoms with Crippen LogP contribution in [0.1, 0.15) is 11.5 Å². The fourth-order valence-electron chi connectivity index (χ4n) is 2.47. The minimum atomic E-state index is -1.09. The molecule has 1 atom stereocenters. The maximum atomic E-state index is 12.3. The number of allylic oxidation sites excluding steroid dienone is 1. The highest BCUT2D eigenvalue weighted by Crippen LogP contribution is 2.40. The molecule has 2 rings (SSSR count). The molecule has 9 heteroatoms. The van der Waals surface area contributed by atoms with Crippen molar-refractivity contribution in [2.24, 2.45) is 5.73 Å². The second kappa shape index (κ2) is 7.33. The zero-order valence-electron chi connectivity index (χ0n) is 12.9. The van der Waals surface area contributed by atoms with Crippen LogP contribution < -0.4 is 5.73 Å². The molecule has 1 unspecified atom stereocenters. The average Bonchev–Trinajstić information content (AvgIpc) is 2.53. The highest BCUT2D eigenvalue weighted by Gasteiger charge is 2.44. The highest BCUT2D eigenvalue weighted by molar-refractivity contribution is 6.30. The number of nitrogens with two attached hydrogens (primary N) is 1. The van der Waals surface area contributed by atoms with Crippen LogP contribution >= 0.6 is 11.6 Å². The van der Waals surface area contributed by atoms with Crippen molar-refractivity contribution < 1.29 is 23.9 Å². The van der Waals surface area contributed by atoms with Crippen molar-refractivity contribution in [3.05, 3.63) is 67.9 Å². The normalized spacial score (nSPS) is 17.5. The number of hydrogen-bond acceptors (Lipinski definition) is 7. The molecule has 0 fully saturated rings. The highest BCUT2D eigenvalue weighted by atomic mass is 35.5. The third-order valence-electron chi connectivity index (χ3n) is 3.41. The molecule has 0 aliphatic carbocycles. The van der Waals surface area contributed by atoms with Crippen LogP contribution in [0.3, 0.4) is 0 Å². The van der Waals surface area contributed by atoms with Crippen molar-refractivity contribution in [2.75, 3.05) is 20.8 Å². The van der Waals surface area contributed by atoms with E-state index in [0.717, 1.165) is 0 Å². The summed E-state index contributed by atoms with van der Waals surface area (Å²) in [6, 6.07) is 6.35. The number of methoxy groups -OCH3 is 2. The van der Waals surface area contributed by atoms with E-state index in [4.69, 9.17) is 31.5 Å². The summed E-state index contributed by atoms with van der Waals surface area (Å²) in [4.78, 5) is 23.1. The van der Waals surface area contributed by atoms with Crippen LogP contribution in [0.2, 0.25) is 5.02 Å². The number of carbonyl (C=O) groups is 1. The van der Waals surface area contributed by atoms with Gasteiger partial charge in [0.25, 0.3) is 5.88 Å². The van der Waals surface area contributed by atoms with Crippen molar-refractivity contribution in [3.63, 3.8) is 0 Å². The van der Waals surface area contributed by atoms with Crippen molar-refractivity contribution in [1.82, 2.24) is 0 Å². The topological polar surface area (TPSA) is 114 Å². The van der Waals surface area contributed by atoms with E-state index in [9.17, 15) is 14.9 Å². The fraction of sp³-hybridized carbons (Fsp3) is 0.267. The van der Waals surface area contributed by atoms with E-state index in [0.29, 0.717) is 10.6 Å². The number of nitrogens with zero attached hydrogens (tertiary/aromatic N) is 1. The Bertz CT molecular complexity index is 743. The lowest BCUT2D eigenvalue weighted by Crippen LogP contribution is -2.30. The summed E-state index contributed by atoms with van der Waals surface area (Å²) in [5.41, 5.74) is 5.61. The summed E-state index contributed by atoms with van der Waals surface area (Å²) < 4.78 is 15.0. The van der Waals surface area contributed by atoms with Gasteiger partial charge in [0.1, 0.15) is 18.3 Å². The zero-order valence-corrected chi connectivity index (χ0v) is 13.7. The molecule has 0 aromatic heterocycles. The van der Waals surface area contributed by atoms with Crippen LogP contribution in [0.15, 0.2) is 47.2 Å². The molecule has 0 saturated heterocycles. The fourth-order valence-corrected chi connectivity index (χ4v) is 2.66. The van der Waals surface area contributed by atoms with Gasteiger partial charge in [0.15, 0.2) is 0 Å². The largest absolute Gasteiger partial charge is 0.466 e. The quantitative estimate of drug-likeness (QED) is 0.488. The first-order valence-corrected chi connectivity index (χ1v) is 7.16. The van der Waals surface area contributed by atoms with Crippen LogP contribution in [-0.4, -0.2) is 31.7 Å². The first-order chi connectivity index (χ1) is 11.4. The van der Waals surface area contributed by atoms with Crippen molar-refractivity contribution >= 4 is 17.6 Å². The van der Waals surface area contributed by atoms with Gasteiger partial charge in [-0.1, -0.05) is 23.7 Å². The molecule has 0 spiro atoms. The van der Waals surface area contributed by atoms with Gasteiger partial charge in [-0.25, -0.2) is 4.79 Å². The predicted molar refractivity (Wildman–Crippen MR) is 84.4 cm³/mol. The maximum Gasteiger partial charge on any atom is 0.338 e. The summed E-state index contributed by atoms with van der Waals surface area (Å²) in [7, 11) is 2.56. The Morgan fingerprint density at radius 2 is 2.17 bits per heavy atom. The Labute approximate surface area is 142 Å². The summed E-state index contributed by atoms with van der Waals surface area (Å²) in [6.07, 6.45) is 0. The molecule has 128 valence electrons. The molecular weight excluding hydrogens is 340 g/mol. The second-order valence-corrected chi connectivity index (χ2v) is 5.29. The molecule has 1 aliphatic heterocycles. The standard InChI is InChI=1S/C15H15ClN2O6/c1-22-7-10-12(15(19)23-2)11(8-4-3-5-9(16)6-8)13(18(20)21)14(17)24-10/h3-6,11H,7,17H2,1-2H3. The smallest absolute Gasteiger partial charge is 0.338 e. The number of esters is 1. The van der Waals surface area contributed by atoms with Gasteiger partial charge in [-0.2, -0.15) is 0 Å². The molecule has 24 heavy (non-hydrogen) atoms. The molecular formula is C15H15ClN2O6. The van der Waals surface area contributed by atoms with E-state index in [2.05, 4.69) is 0 Å². The Morgan fingerprint density at radius 1 is 1.46 bits per heavy atom. The predicted octanol–water partition coefficient (Wildman–Crippen LogP) is 1.93. The lowest BCUT2D eigenvalue weighted by molar-refractivity contribution is -0.433. The summed E-state index contributed by atoms with van der Waals surface area (Å²) in [6.45, 7) is -0.104. The Balaban J connectivity index is 2.72. The molecule has 0 saturated carbocycles. The van der Waals surface area contributed by atoms with Gasteiger partial charge < -0.3 is 19.9 Å². The number of benzene rings is 1. The van der Waals surface area contributed by atoms with Crippen LogP contribution in [0.25, 0.3) is 0 Å². The lowest BCUT2D eigenvalue weighted by Gasteiger charge is -2.25. The van der Waals surface area contributed by atoms with Gasteiger partial charge in [-0.15, -0.1) is 0 Å². The molecule has 2 N–H and O–H groups in total. The monoisotopic (exact) mass is 354 g/mol. The zero-order chi connectivity index (χ0) is 17.9. The number of nitro groups is 1. The molecule has 1 aromatic rings. The molecule has 1 aromatic carbocycles. The van der Waals surface area contributed by atoms with E-state index in [-0.39, 0.29) is 17.9 Å². The van der Waals surface area contributed by atoms with Gasteiger partial charge in [-0.05, 0) is 17.7 Å². The SMILES string of the molecule is COCC1=C(C(=O)OC)C(c2cccc(Cl)c2)C([N+](=O)[O-])=C(N)O1. The van der Waals surface area contributed by atoms with E-state index in [1.54, 1.807) is 18.2 Å². The minimum Gasteiger partial charge on any atom is -0.466 e. The summed E-state index contributed by atoms with van der Waals surface area (Å²) >= 11 is 5.98. The van der Waals surface area contributed by atoms with Crippen LogP contribution in [0.4, 0.5) is 0 Å². The van der Waals surface area contributed by atoms with E-state index in [1.165, 1.54) is 20.3 Å². The third kappa shape index (κ3) is 3.34. The second-order valence-electron chi connectivity index (χ2n) is 4.86. The average molecular weight is 355 g/mol. The molecule has 0 radical (unpaired) electrons. The molecule has 0 bridgehead atoms. The van der Waals surface area contributed by atoms with Crippen LogP contribution in [-0.2, 0) is 19.0 Å². The van der Waals surface area contributed by atoms with E-state index in [1.807, 2.05) is 0 Å². The molecule has 1 aliphatic rings. The maximum absolute atomic E-state index is 12.3. The number of ether oxygens (including phenoxy) is 3. The first kappa shape index (κ1) is 17.8. The Hall–Kier alpha value is -2.58. The number of carbonyl (C=O) groups excluding carboxylic acids is 1. The van der Waals surface area contributed by atoms with Crippen molar-refractivity contribution in [2.45, 2.75) is 5.92 Å². The van der Waals surface area contributed by atoms with Gasteiger partial charge >= 0.3 is 11.7 Å². The summed E-state index contributed by atoms with van der Waals surface area (Å²) in [5.74, 6) is -2.23. The minimum absolute atomic E-state index is 0.0532. The van der Waals surface area contributed by atoms with Crippen LogP contribution in [0, 0.1) is 10.1 Å². The number of halogens is 1. The van der Waals surface area contributed by atoms with Crippen molar-refractivity contribution in [1.29, 1.82) is 0 Å². The van der Waals surface area contributed by atoms with E-state index >= 15 is 0 Å². The molecule has 0 amide bonds. The first-order valence-electron chi connectivity index (χ1n) is 6.78. The van der Waals surface area contributed by atoms with Gasteiger partial charge in [0.2, 0.25) is 0 Å². The molecule has 1 heterocycles. The Morgan fingerprint density at radius 3 is 2.71 bits per heavy atom. The summed E-state index contributed by atoms with van der Waals surface area (Å²) in [5, 5.41) is 11.9. The van der Waals surface area contributed by atoms with Gasteiger partial charge in [0, 0.05) is 12.1 Å². The van der Waals surface area contributed by atoms with Gasteiger partial charge in [-0.3, -0.25) is 10.1 Å². The van der Waals surface area contributed by atoms with Crippen molar-refractivity contribution in [3.8, 4) is 0 Å². The van der Waals surface area contributed by atoms with Gasteiger partial charge in [0.05, 0.1) is 17.6 Å². The van der Waals surface area contributed by atoms with Crippen LogP contribution in [0.5, 0.6) is 0 Å². The lowest BCUT2D eigenvalue weighted by atomic mass is 9.86. The third-order valence-corrected chi connectivity index (χ3v) is 3.64. The Kier molecular flexibility index (Phi) is 5.42. The number of rotatable bonds is 5.